The molecule has 0 spiro atoms. The van der Waals surface area contributed by atoms with Crippen molar-refractivity contribution in [2.24, 2.45) is 5.73 Å². The first-order valence-electron chi connectivity index (χ1n) is 5.77. The van der Waals surface area contributed by atoms with Crippen molar-refractivity contribution in [3.8, 4) is 0 Å². The Labute approximate surface area is 88.2 Å². The third-order valence-electron chi connectivity index (χ3n) is 3.09. The molecule has 0 bridgehead atoms. The van der Waals surface area contributed by atoms with Crippen LogP contribution >= 0.6 is 0 Å². The maximum atomic E-state index is 5.83. The molecule has 14 heavy (non-hydrogen) atoms. The number of hydrogen-bond donors (Lipinski definition) is 1. The Bertz CT molecular complexity index is 159. The predicted octanol–water partition coefficient (Wildman–Crippen LogP) is 0.750. The lowest BCUT2D eigenvalue weighted by molar-refractivity contribution is 0.200. The van der Waals surface area contributed by atoms with E-state index in [4.69, 9.17) is 5.73 Å². The molecular weight excluding hydrogens is 174 g/mol. The van der Waals surface area contributed by atoms with Crippen molar-refractivity contribution in [3.63, 3.8) is 0 Å². The van der Waals surface area contributed by atoms with E-state index in [1.165, 1.54) is 32.6 Å². The predicted molar refractivity (Wildman–Crippen MR) is 61.4 cm³/mol. The van der Waals surface area contributed by atoms with Crippen LogP contribution in [0.4, 0.5) is 0 Å². The second kappa shape index (κ2) is 5.69. The molecule has 84 valence electrons. The standard InChI is InChI=1S/C11H25N3/c1-10(12)9-11(2)14-6-4-5-13(3)7-8-14/h10-11H,4-9,12H2,1-3H3. The maximum Gasteiger partial charge on any atom is 0.0112 e. The molecule has 2 N–H and O–H groups in total. The Morgan fingerprint density at radius 3 is 2.50 bits per heavy atom. The van der Waals surface area contributed by atoms with Crippen molar-refractivity contribution >= 4 is 0 Å². The van der Waals surface area contributed by atoms with Crippen molar-refractivity contribution in [1.29, 1.82) is 0 Å². The van der Waals surface area contributed by atoms with Gasteiger partial charge in [0.25, 0.3) is 0 Å². The van der Waals surface area contributed by atoms with Gasteiger partial charge in [0.1, 0.15) is 0 Å². The van der Waals surface area contributed by atoms with Crippen molar-refractivity contribution in [2.45, 2.75) is 38.8 Å². The number of hydrogen-bond acceptors (Lipinski definition) is 3. The molecule has 1 fully saturated rings. The highest BCUT2D eigenvalue weighted by Crippen LogP contribution is 2.09. The highest BCUT2D eigenvalue weighted by molar-refractivity contribution is 4.75. The first kappa shape index (κ1) is 12.0. The van der Waals surface area contributed by atoms with Crippen LogP contribution in [0.1, 0.15) is 26.7 Å². The van der Waals surface area contributed by atoms with Gasteiger partial charge in [-0.3, -0.25) is 4.90 Å². The molecule has 1 rings (SSSR count). The zero-order valence-corrected chi connectivity index (χ0v) is 9.87. The quantitative estimate of drug-likeness (QED) is 0.728. The third-order valence-corrected chi connectivity index (χ3v) is 3.09. The van der Waals surface area contributed by atoms with Crippen LogP contribution in [-0.4, -0.2) is 55.1 Å². The molecule has 2 atom stereocenters. The van der Waals surface area contributed by atoms with E-state index in [1.807, 2.05) is 0 Å². The molecule has 3 nitrogen and oxygen atoms in total. The summed E-state index contributed by atoms with van der Waals surface area (Å²) in [6, 6.07) is 0.965. The van der Waals surface area contributed by atoms with E-state index >= 15 is 0 Å². The van der Waals surface area contributed by atoms with Crippen LogP contribution < -0.4 is 5.73 Å². The molecule has 0 aromatic heterocycles. The van der Waals surface area contributed by atoms with Crippen LogP contribution in [0.2, 0.25) is 0 Å². The smallest absolute Gasteiger partial charge is 0.0112 e. The fourth-order valence-electron chi connectivity index (χ4n) is 2.19. The van der Waals surface area contributed by atoms with Gasteiger partial charge in [0.05, 0.1) is 0 Å². The number of nitrogens with two attached hydrogens (primary N) is 1. The molecule has 0 radical (unpaired) electrons. The van der Waals surface area contributed by atoms with Gasteiger partial charge in [0.15, 0.2) is 0 Å². The van der Waals surface area contributed by atoms with Gasteiger partial charge in [-0.2, -0.15) is 0 Å². The van der Waals surface area contributed by atoms with Gasteiger partial charge >= 0.3 is 0 Å². The van der Waals surface area contributed by atoms with E-state index < -0.39 is 0 Å². The summed E-state index contributed by atoms with van der Waals surface area (Å²) >= 11 is 0. The fraction of sp³-hybridized carbons (Fsp3) is 1.00. The Morgan fingerprint density at radius 2 is 1.86 bits per heavy atom. The highest BCUT2D eigenvalue weighted by atomic mass is 15.2. The molecule has 0 saturated carbocycles. The second-order valence-electron chi connectivity index (χ2n) is 4.75. The lowest BCUT2D eigenvalue weighted by atomic mass is 10.1. The highest BCUT2D eigenvalue weighted by Gasteiger charge is 2.17. The lowest BCUT2D eigenvalue weighted by Crippen LogP contribution is -2.39. The van der Waals surface area contributed by atoms with Crippen molar-refractivity contribution < 1.29 is 0 Å². The second-order valence-corrected chi connectivity index (χ2v) is 4.75. The van der Waals surface area contributed by atoms with Gasteiger partial charge in [-0.15, -0.1) is 0 Å². The van der Waals surface area contributed by atoms with Crippen LogP contribution in [0.25, 0.3) is 0 Å². The van der Waals surface area contributed by atoms with E-state index in [1.54, 1.807) is 0 Å². The van der Waals surface area contributed by atoms with Crippen LogP contribution in [-0.2, 0) is 0 Å². The van der Waals surface area contributed by atoms with Gasteiger partial charge in [-0.05, 0) is 46.8 Å². The first-order chi connectivity index (χ1) is 6.59. The van der Waals surface area contributed by atoms with Crippen molar-refractivity contribution in [3.05, 3.63) is 0 Å². The summed E-state index contributed by atoms with van der Waals surface area (Å²) in [5, 5.41) is 0. The fourth-order valence-corrected chi connectivity index (χ4v) is 2.19. The van der Waals surface area contributed by atoms with Gasteiger partial charge in [-0.25, -0.2) is 0 Å². The summed E-state index contributed by atoms with van der Waals surface area (Å²) in [7, 11) is 2.21. The van der Waals surface area contributed by atoms with E-state index in [9.17, 15) is 0 Å². The largest absolute Gasteiger partial charge is 0.328 e. The minimum Gasteiger partial charge on any atom is -0.328 e. The summed E-state index contributed by atoms with van der Waals surface area (Å²) < 4.78 is 0. The number of likely N-dealkylation sites (N-methyl/N-ethyl adjacent to an activating group) is 1. The Morgan fingerprint density at radius 1 is 1.14 bits per heavy atom. The topological polar surface area (TPSA) is 32.5 Å². The van der Waals surface area contributed by atoms with Crippen LogP contribution in [0.5, 0.6) is 0 Å². The van der Waals surface area contributed by atoms with E-state index in [0.717, 1.165) is 6.42 Å². The molecule has 0 aliphatic carbocycles. The van der Waals surface area contributed by atoms with Crippen molar-refractivity contribution in [1.82, 2.24) is 9.80 Å². The average molecular weight is 199 g/mol. The molecule has 1 aliphatic rings. The Balaban J connectivity index is 2.35. The SMILES string of the molecule is CC(N)CC(C)N1CCCN(C)CC1. The maximum absolute atomic E-state index is 5.83. The van der Waals surface area contributed by atoms with Gasteiger partial charge in [-0.1, -0.05) is 0 Å². The summed E-state index contributed by atoms with van der Waals surface area (Å²) in [5.41, 5.74) is 5.83. The molecule has 0 aromatic carbocycles. The minimum atomic E-state index is 0.325. The van der Waals surface area contributed by atoms with Crippen LogP contribution in [0, 0.1) is 0 Å². The monoisotopic (exact) mass is 199 g/mol. The van der Waals surface area contributed by atoms with E-state index in [0.29, 0.717) is 12.1 Å². The van der Waals surface area contributed by atoms with E-state index in [-0.39, 0.29) is 0 Å². The van der Waals surface area contributed by atoms with Crippen LogP contribution in [0.15, 0.2) is 0 Å². The number of nitrogens with zero attached hydrogens (tertiary/aromatic N) is 2. The molecule has 0 aromatic rings. The third kappa shape index (κ3) is 3.95. The molecule has 1 aliphatic heterocycles. The molecule has 1 heterocycles. The zero-order chi connectivity index (χ0) is 10.6. The van der Waals surface area contributed by atoms with Crippen molar-refractivity contribution in [2.75, 3.05) is 33.2 Å². The normalized spacial score (nSPS) is 25.7. The summed E-state index contributed by atoms with van der Waals surface area (Å²) in [4.78, 5) is 4.99. The first-order valence-corrected chi connectivity index (χ1v) is 5.77. The minimum absolute atomic E-state index is 0.325. The van der Waals surface area contributed by atoms with Gasteiger partial charge in [0, 0.05) is 25.2 Å². The molecule has 0 amide bonds. The van der Waals surface area contributed by atoms with E-state index in [2.05, 4.69) is 30.7 Å². The average Bonchev–Trinajstić information content (AvgIpc) is 2.28. The molecular formula is C11H25N3. The Kier molecular flexibility index (Phi) is 4.85. The summed E-state index contributed by atoms with van der Waals surface area (Å²) in [6.07, 6.45) is 2.41. The van der Waals surface area contributed by atoms with Gasteiger partial charge < -0.3 is 10.6 Å². The zero-order valence-electron chi connectivity index (χ0n) is 9.87. The van der Waals surface area contributed by atoms with Crippen LogP contribution in [0.3, 0.4) is 0 Å². The summed E-state index contributed by atoms with van der Waals surface area (Å²) in [5.74, 6) is 0. The van der Waals surface area contributed by atoms with Gasteiger partial charge in [0.2, 0.25) is 0 Å². The molecule has 1 saturated heterocycles. The number of rotatable bonds is 3. The molecule has 2 unspecified atom stereocenters. The summed E-state index contributed by atoms with van der Waals surface area (Å²) in [6.45, 7) is 9.27. The molecule has 3 heteroatoms. The lowest BCUT2D eigenvalue weighted by Gasteiger charge is -2.28. The Hall–Kier alpha value is -0.120.